The zero-order valence-electron chi connectivity index (χ0n) is 20.1. The second-order valence-electron chi connectivity index (χ2n) is 8.86. The Morgan fingerprint density at radius 1 is 1.06 bits per heavy atom. The molecule has 1 fully saturated rings. The number of benzene rings is 3. The van der Waals surface area contributed by atoms with Crippen LogP contribution in [0, 0.1) is 0 Å². The van der Waals surface area contributed by atoms with Crippen LogP contribution in [0.3, 0.4) is 0 Å². The Hall–Kier alpha value is -3.61. The molecule has 1 amide bonds. The molecule has 4 aromatic rings. The SMILES string of the molecule is Cn1nc(-c2ccccc2)c(CN(CC2CCCO2)C(=O)c2ccccc2)c1Oc1ccc(Cl)cc1. The van der Waals surface area contributed by atoms with E-state index in [0.717, 1.165) is 36.3 Å². The maximum atomic E-state index is 13.7. The molecule has 0 aliphatic carbocycles. The fraction of sp³-hybridized carbons (Fsp3) is 0.241. The summed E-state index contributed by atoms with van der Waals surface area (Å²) in [5.41, 5.74) is 3.21. The largest absolute Gasteiger partial charge is 0.439 e. The first-order valence-corrected chi connectivity index (χ1v) is 12.5. The number of carbonyl (C=O) groups is 1. The monoisotopic (exact) mass is 501 g/mol. The summed E-state index contributed by atoms with van der Waals surface area (Å²) in [7, 11) is 1.85. The molecule has 0 bridgehead atoms. The van der Waals surface area contributed by atoms with Gasteiger partial charge in [0.25, 0.3) is 5.91 Å². The Morgan fingerprint density at radius 2 is 1.75 bits per heavy atom. The molecule has 0 radical (unpaired) electrons. The minimum Gasteiger partial charge on any atom is -0.439 e. The topological polar surface area (TPSA) is 56.6 Å². The lowest BCUT2D eigenvalue weighted by Gasteiger charge is -2.26. The van der Waals surface area contributed by atoms with Crippen molar-refractivity contribution in [2.45, 2.75) is 25.5 Å². The molecule has 184 valence electrons. The van der Waals surface area contributed by atoms with E-state index in [1.807, 2.05) is 84.7 Å². The molecule has 1 aliphatic heterocycles. The first-order valence-electron chi connectivity index (χ1n) is 12.1. The lowest BCUT2D eigenvalue weighted by molar-refractivity contribution is 0.0506. The van der Waals surface area contributed by atoms with Crippen molar-refractivity contribution in [3.63, 3.8) is 0 Å². The highest BCUT2D eigenvalue weighted by molar-refractivity contribution is 6.30. The van der Waals surface area contributed by atoms with Crippen molar-refractivity contribution >= 4 is 17.5 Å². The molecule has 0 saturated carbocycles. The van der Waals surface area contributed by atoms with Gasteiger partial charge in [-0.25, -0.2) is 4.68 Å². The molecule has 1 saturated heterocycles. The van der Waals surface area contributed by atoms with Crippen molar-refractivity contribution in [3.05, 3.63) is 101 Å². The van der Waals surface area contributed by atoms with Gasteiger partial charge in [-0.2, -0.15) is 5.10 Å². The number of carbonyl (C=O) groups excluding carboxylic acids is 1. The molecular formula is C29H28ClN3O3. The van der Waals surface area contributed by atoms with Crippen LogP contribution in [0.25, 0.3) is 11.3 Å². The van der Waals surface area contributed by atoms with Gasteiger partial charge in [-0.3, -0.25) is 4.79 Å². The Balaban J connectivity index is 1.55. The third-order valence-electron chi connectivity index (χ3n) is 6.27. The normalized spacial score (nSPS) is 15.1. The van der Waals surface area contributed by atoms with Crippen molar-refractivity contribution in [1.82, 2.24) is 14.7 Å². The second kappa shape index (κ2) is 11.0. The molecule has 3 aromatic carbocycles. The van der Waals surface area contributed by atoms with E-state index in [9.17, 15) is 4.79 Å². The third kappa shape index (κ3) is 5.45. The van der Waals surface area contributed by atoms with Gasteiger partial charge >= 0.3 is 0 Å². The molecule has 5 rings (SSSR count). The summed E-state index contributed by atoms with van der Waals surface area (Å²) in [6.45, 7) is 1.55. The van der Waals surface area contributed by atoms with Crippen LogP contribution >= 0.6 is 11.6 Å². The van der Waals surface area contributed by atoms with Crippen LogP contribution in [0.15, 0.2) is 84.9 Å². The number of nitrogens with zero attached hydrogens (tertiary/aromatic N) is 3. The van der Waals surface area contributed by atoms with Crippen LogP contribution in [-0.4, -0.2) is 39.8 Å². The third-order valence-corrected chi connectivity index (χ3v) is 6.52. The van der Waals surface area contributed by atoms with E-state index < -0.39 is 0 Å². The summed E-state index contributed by atoms with van der Waals surface area (Å²) < 4.78 is 14.0. The first-order chi connectivity index (χ1) is 17.6. The van der Waals surface area contributed by atoms with E-state index in [0.29, 0.717) is 35.3 Å². The Morgan fingerprint density at radius 3 is 2.42 bits per heavy atom. The van der Waals surface area contributed by atoms with Gasteiger partial charge in [0.05, 0.1) is 18.2 Å². The molecule has 1 aliphatic rings. The summed E-state index contributed by atoms with van der Waals surface area (Å²) in [4.78, 5) is 15.5. The minimum absolute atomic E-state index is 0.00939. The smallest absolute Gasteiger partial charge is 0.254 e. The van der Waals surface area contributed by atoms with Gasteiger partial charge in [-0.1, -0.05) is 60.1 Å². The minimum atomic E-state index is -0.0496. The highest BCUT2D eigenvalue weighted by atomic mass is 35.5. The first kappa shape index (κ1) is 24.1. The van der Waals surface area contributed by atoms with E-state index in [4.69, 9.17) is 26.2 Å². The summed E-state index contributed by atoms with van der Waals surface area (Å²) in [5, 5.41) is 5.44. The van der Waals surface area contributed by atoms with Gasteiger partial charge < -0.3 is 14.4 Å². The summed E-state index contributed by atoms with van der Waals surface area (Å²) >= 11 is 6.08. The highest BCUT2D eigenvalue weighted by Gasteiger charge is 2.28. The van der Waals surface area contributed by atoms with Crippen molar-refractivity contribution in [2.75, 3.05) is 13.2 Å². The molecule has 36 heavy (non-hydrogen) atoms. The van der Waals surface area contributed by atoms with Gasteiger partial charge in [0.15, 0.2) is 0 Å². The predicted molar refractivity (Wildman–Crippen MR) is 140 cm³/mol. The number of amides is 1. The number of rotatable bonds is 8. The maximum absolute atomic E-state index is 13.7. The van der Waals surface area contributed by atoms with Gasteiger partial charge in [0.2, 0.25) is 5.88 Å². The molecule has 1 atom stereocenters. The van der Waals surface area contributed by atoms with Crippen molar-refractivity contribution in [2.24, 2.45) is 7.05 Å². The zero-order valence-corrected chi connectivity index (χ0v) is 20.9. The molecule has 1 unspecified atom stereocenters. The average Bonchev–Trinajstić information content (AvgIpc) is 3.54. The Labute approximate surface area is 216 Å². The van der Waals surface area contributed by atoms with Crippen LogP contribution in [0.2, 0.25) is 5.02 Å². The number of ether oxygens (including phenoxy) is 2. The number of halogens is 1. The summed E-state index contributed by atoms with van der Waals surface area (Å²) in [5.74, 6) is 1.17. The Kier molecular flexibility index (Phi) is 7.35. The quantitative estimate of drug-likeness (QED) is 0.282. The summed E-state index contributed by atoms with van der Waals surface area (Å²) in [6.07, 6.45) is 1.95. The van der Waals surface area contributed by atoms with E-state index >= 15 is 0 Å². The van der Waals surface area contributed by atoms with E-state index in [1.54, 1.807) is 16.8 Å². The standard InChI is InChI=1S/C29H28ClN3O3/c1-32-29(36-24-16-14-23(30)15-17-24)26(27(31-32)21-9-4-2-5-10-21)20-33(19-25-13-8-18-35-25)28(34)22-11-6-3-7-12-22/h2-7,9-12,14-17,25H,8,13,18-20H2,1H3. The number of hydrogen-bond acceptors (Lipinski definition) is 4. The van der Waals surface area contributed by atoms with Crippen LogP contribution < -0.4 is 4.74 Å². The predicted octanol–water partition coefficient (Wildman–Crippen LogP) is 6.35. The molecule has 1 aromatic heterocycles. The number of aromatic nitrogens is 2. The lowest BCUT2D eigenvalue weighted by Crippen LogP contribution is -2.37. The molecule has 6 nitrogen and oxygen atoms in total. The van der Waals surface area contributed by atoms with Gasteiger partial charge in [0, 0.05) is 36.3 Å². The van der Waals surface area contributed by atoms with Crippen LogP contribution in [-0.2, 0) is 18.3 Å². The molecule has 2 heterocycles. The van der Waals surface area contributed by atoms with E-state index in [1.165, 1.54) is 0 Å². The van der Waals surface area contributed by atoms with E-state index in [-0.39, 0.29) is 12.0 Å². The summed E-state index contributed by atoms with van der Waals surface area (Å²) in [6, 6.07) is 26.5. The van der Waals surface area contributed by atoms with Gasteiger partial charge in [-0.05, 0) is 49.2 Å². The van der Waals surface area contributed by atoms with Crippen LogP contribution in [0.4, 0.5) is 0 Å². The fourth-order valence-corrected chi connectivity index (χ4v) is 4.60. The van der Waals surface area contributed by atoms with E-state index in [2.05, 4.69) is 0 Å². The average molecular weight is 502 g/mol. The maximum Gasteiger partial charge on any atom is 0.254 e. The second-order valence-corrected chi connectivity index (χ2v) is 9.30. The van der Waals surface area contributed by atoms with Crippen molar-refractivity contribution < 1.29 is 14.3 Å². The number of aryl methyl sites for hydroxylation is 1. The van der Waals surface area contributed by atoms with Gasteiger partial charge in [-0.15, -0.1) is 0 Å². The van der Waals surface area contributed by atoms with Crippen LogP contribution in [0.1, 0.15) is 28.8 Å². The van der Waals surface area contributed by atoms with Crippen molar-refractivity contribution in [3.8, 4) is 22.9 Å². The van der Waals surface area contributed by atoms with Crippen LogP contribution in [0.5, 0.6) is 11.6 Å². The fourth-order valence-electron chi connectivity index (χ4n) is 4.47. The molecule has 7 heteroatoms. The molecule has 0 spiro atoms. The van der Waals surface area contributed by atoms with Crippen molar-refractivity contribution in [1.29, 1.82) is 0 Å². The zero-order chi connectivity index (χ0) is 24.9. The number of hydrogen-bond donors (Lipinski definition) is 0. The molecular weight excluding hydrogens is 474 g/mol. The highest BCUT2D eigenvalue weighted by Crippen LogP contribution is 2.35. The Bertz CT molecular complexity index is 1300. The lowest BCUT2D eigenvalue weighted by atomic mass is 10.1. The van der Waals surface area contributed by atoms with Gasteiger partial charge in [0.1, 0.15) is 11.4 Å². The molecule has 0 N–H and O–H groups in total.